The molecule has 2 rings (SSSR count). The van der Waals surface area contributed by atoms with E-state index in [4.69, 9.17) is 15.2 Å². The molecule has 0 aliphatic carbocycles. The lowest BCUT2D eigenvalue weighted by Crippen LogP contribution is -2.28. The minimum atomic E-state index is -0.504. The highest BCUT2D eigenvalue weighted by Crippen LogP contribution is 2.15. The molecular formula is C21H26N2O4. The number of nitrogens with two attached hydrogens (primary N) is 1. The molecule has 0 unspecified atom stereocenters. The van der Waals surface area contributed by atoms with E-state index in [1.807, 2.05) is 42.5 Å². The zero-order valence-corrected chi connectivity index (χ0v) is 15.7. The summed E-state index contributed by atoms with van der Waals surface area (Å²) in [4.78, 5) is 23.3. The van der Waals surface area contributed by atoms with E-state index >= 15 is 0 Å². The molecule has 1 amide bonds. The number of ether oxygens (including phenoxy) is 2. The first-order valence-corrected chi connectivity index (χ1v) is 8.88. The third-order valence-electron chi connectivity index (χ3n) is 4.17. The van der Waals surface area contributed by atoms with Gasteiger partial charge < -0.3 is 15.2 Å². The Morgan fingerprint density at radius 3 is 2.33 bits per heavy atom. The molecule has 2 aromatic carbocycles. The van der Waals surface area contributed by atoms with E-state index in [0.29, 0.717) is 18.5 Å². The van der Waals surface area contributed by atoms with Crippen LogP contribution in [0.5, 0.6) is 0 Å². The summed E-state index contributed by atoms with van der Waals surface area (Å²) >= 11 is 0. The van der Waals surface area contributed by atoms with Gasteiger partial charge in [0.15, 0.2) is 0 Å². The Morgan fingerprint density at radius 2 is 1.70 bits per heavy atom. The summed E-state index contributed by atoms with van der Waals surface area (Å²) in [7, 11) is 1.38. The highest BCUT2D eigenvalue weighted by atomic mass is 16.5. The Morgan fingerprint density at radius 1 is 1.04 bits per heavy atom. The quantitative estimate of drug-likeness (QED) is 0.694. The molecule has 6 heteroatoms. The van der Waals surface area contributed by atoms with E-state index < -0.39 is 6.09 Å². The lowest BCUT2D eigenvalue weighted by molar-refractivity contribution is -0.145. The van der Waals surface area contributed by atoms with Crippen molar-refractivity contribution in [3.63, 3.8) is 0 Å². The fraction of sp³-hybridized carbons (Fsp3) is 0.333. The number of nitrogens with one attached hydrogen (secondary N) is 1. The fourth-order valence-corrected chi connectivity index (χ4v) is 2.74. The van der Waals surface area contributed by atoms with Crippen molar-refractivity contribution >= 4 is 17.7 Å². The summed E-state index contributed by atoms with van der Waals surface area (Å²) in [5, 5.41) is 2.69. The lowest BCUT2D eigenvalue weighted by atomic mass is 9.97. The van der Waals surface area contributed by atoms with E-state index in [-0.39, 0.29) is 24.5 Å². The van der Waals surface area contributed by atoms with Crippen LogP contribution in [0.4, 0.5) is 10.5 Å². The molecule has 0 radical (unpaired) electrons. The van der Waals surface area contributed by atoms with Crippen LogP contribution in [0.3, 0.4) is 0 Å². The summed E-state index contributed by atoms with van der Waals surface area (Å²) in [6.45, 7) is 2.03. The molecule has 0 saturated heterocycles. The summed E-state index contributed by atoms with van der Waals surface area (Å²) in [6.07, 6.45) is 0.689. The van der Waals surface area contributed by atoms with Gasteiger partial charge in [-0.25, -0.2) is 4.79 Å². The molecule has 0 aliphatic heterocycles. The first kappa shape index (κ1) is 20.5. The SMILES string of the molecule is COC(=O)[C@@H](C)C[C@@H](N)Cc1ccc(NC(=O)OCc2ccccc2)cc1. The first-order chi connectivity index (χ1) is 13.0. The highest BCUT2D eigenvalue weighted by molar-refractivity contribution is 5.84. The maximum absolute atomic E-state index is 11.9. The molecule has 0 saturated carbocycles. The molecule has 0 bridgehead atoms. The van der Waals surface area contributed by atoms with Gasteiger partial charge in [-0.2, -0.15) is 0 Å². The molecule has 0 aromatic heterocycles. The summed E-state index contributed by atoms with van der Waals surface area (Å²) in [6, 6.07) is 16.7. The Kier molecular flexibility index (Phi) is 7.82. The van der Waals surface area contributed by atoms with Gasteiger partial charge in [-0.1, -0.05) is 49.4 Å². The van der Waals surface area contributed by atoms with Gasteiger partial charge in [0, 0.05) is 11.7 Å². The minimum Gasteiger partial charge on any atom is -0.469 e. The van der Waals surface area contributed by atoms with Crippen molar-refractivity contribution in [2.24, 2.45) is 11.7 Å². The van der Waals surface area contributed by atoms with Crippen molar-refractivity contribution in [2.75, 3.05) is 12.4 Å². The number of rotatable bonds is 8. The Hall–Kier alpha value is -2.86. The monoisotopic (exact) mass is 370 g/mol. The van der Waals surface area contributed by atoms with Crippen molar-refractivity contribution in [1.29, 1.82) is 0 Å². The molecule has 2 aromatic rings. The summed E-state index contributed by atoms with van der Waals surface area (Å²) < 4.78 is 9.91. The second-order valence-corrected chi connectivity index (χ2v) is 6.51. The van der Waals surface area contributed by atoms with Crippen molar-refractivity contribution in [2.45, 2.75) is 32.4 Å². The zero-order chi connectivity index (χ0) is 19.6. The molecular weight excluding hydrogens is 344 g/mol. The van der Waals surface area contributed by atoms with Gasteiger partial charge in [-0.05, 0) is 36.1 Å². The number of carbonyl (C=O) groups is 2. The molecule has 27 heavy (non-hydrogen) atoms. The highest BCUT2D eigenvalue weighted by Gasteiger charge is 2.17. The van der Waals surface area contributed by atoms with E-state index in [1.165, 1.54) is 7.11 Å². The van der Waals surface area contributed by atoms with Crippen LogP contribution in [0.15, 0.2) is 54.6 Å². The summed E-state index contributed by atoms with van der Waals surface area (Å²) in [5.74, 6) is -0.482. The summed E-state index contributed by atoms with van der Waals surface area (Å²) in [5.41, 5.74) is 8.72. The zero-order valence-electron chi connectivity index (χ0n) is 15.7. The van der Waals surface area contributed by atoms with Crippen LogP contribution in [0.1, 0.15) is 24.5 Å². The minimum absolute atomic E-state index is 0.145. The number of amides is 1. The number of hydrogen-bond acceptors (Lipinski definition) is 5. The normalized spacial score (nSPS) is 12.7. The van der Waals surface area contributed by atoms with Gasteiger partial charge in [-0.3, -0.25) is 10.1 Å². The topological polar surface area (TPSA) is 90.6 Å². The smallest absolute Gasteiger partial charge is 0.411 e. The third kappa shape index (κ3) is 7.11. The van der Waals surface area contributed by atoms with Gasteiger partial charge in [0.25, 0.3) is 0 Å². The van der Waals surface area contributed by atoms with Crippen LogP contribution in [0.25, 0.3) is 0 Å². The molecule has 0 fully saturated rings. The largest absolute Gasteiger partial charge is 0.469 e. The number of carbonyl (C=O) groups excluding carboxylic acids is 2. The molecule has 6 nitrogen and oxygen atoms in total. The van der Waals surface area contributed by atoms with E-state index in [9.17, 15) is 9.59 Å². The number of hydrogen-bond donors (Lipinski definition) is 2. The van der Waals surface area contributed by atoms with E-state index in [1.54, 1.807) is 19.1 Å². The predicted octanol–water partition coefficient (Wildman–Crippen LogP) is 3.50. The van der Waals surface area contributed by atoms with Gasteiger partial charge >= 0.3 is 12.1 Å². The van der Waals surface area contributed by atoms with Gasteiger partial charge in [0.2, 0.25) is 0 Å². The van der Waals surface area contributed by atoms with Crippen LogP contribution < -0.4 is 11.1 Å². The van der Waals surface area contributed by atoms with Gasteiger partial charge in [0.05, 0.1) is 13.0 Å². The molecule has 144 valence electrons. The number of benzene rings is 2. The molecule has 2 atom stereocenters. The van der Waals surface area contributed by atoms with Gasteiger partial charge in [-0.15, -0.1) is 0 Å². The van der Waals surface area contributed by atoms with Crippen molar-refractivity contribution in [1.82, 2.24) is 0 Å². The Bertz CT molecular complexity index is 732. The van der Waals surface area contributed by atoms with Crippen molar-refractivity contribution < 1.29 is 19.1 Å². The second kappa shape index (κ2) is 10.3. The van der Waals surface area contributed by atoms with Crippen LogP contribution in [-0.4, -0.2) is 25.2 Å². The third-order valence-corrected chi connectivity index (χ3v) is 4.17. The Balaban J connectivity index is 1.78. The molecule has 0 aliphatic rings. The maximum Gasteiger partial charge on any atom is 0.411 e. The van der Waals surface area contributed by atoms with E-state index in [0.717, 1.165) is 11.1 Å². The average Bonchev–Trinajstić information content (AvgIpc) is 2.68. The number of anilines is 1. The lowest BCUT2D eigenvalue weighted by Gasteiger charge is -2.16. The fourth-order valence-electron chi connectivity index (χ4n) is 2.74. The van der Waals surface area contributed by atoms with Crippen LogP contribution in [-0.2, 0) is 27.3 Å². The van der Waals surface area contributed by atoms with Crippen LogP contribution >= 0.6 is 0 Å². The van der Waals surface area contributed by atoms with Gasteiger partial charge in [0.1, 0.15) is 6.61 Å². The Labute approximate surface area is 159 Å². The standard InChI is InChI=1S/C21H26N2O4/c1-15(20(24)26-2)12-18(22)13-16-8-10-19(11-9-16)23-21(25)27-14-17-6-4-3-5-7-17/h3-11,15,18H,12-14,22H2,1-2H3,(H,23,25)/t15-,18+/m0/s1. The average molecular weight is 370 g/mol. The van der Waals surface area contributed by atoms with Crippen LogP contribution in [0, 0.1) is 5.92 Å². The molecule has 0 spiro atoms. The van der Waals surface area contributed by atoms with Crippen LogP contribution in [0.2, 0.25) is 0 Å². The molecule has 3 N–H and O–H groups in total. The van der Waals surface area contributed by atoms with Crippen molar-refractivity contribution in [3.8, 4) is 0 Å². The van der Waals surface area contributed by atoms with E-state index in [2.05, 4.69) is 5.32 Å². The van der Waals surface area contributed by atoms with Crippen molar-refractivity contribution in [3.05, 3.63) is 65.7 Å². The maximum atomic E-state index is 11.9. The second-order valence-electron chi connectivity index (χ2n) is 6.51. The first-order valence-electron chi connectivity index (χ1n) is 8.88. The predicted molar refractivity (Wildman–Crippen MR) is 104 cm³/mol. The molecule has 0 heterocycles. The number of methoxy groups -OCH3 is 1. The number of esters is 1.